The summed E-state index contributed by atoms with van der Waals surface area (Å²) >= 11 is 0. The summed E-state index contributed by atoms with van der Waals surface area (Å²) in [5.74, 6) is 1.64. The maximum absolute atomic E-state index is 10.4. The molecule has 0 saturated heterocycles. The fraction of sp³-hybridized carbons (Fsp3) is 0.632. The number of guanidine groups is 1. The largest absolute Gasteiger partial charge is 0.390 e. The van der Waals surface area contributed by atoms with Crippen LogP contribution in [-0.2, 0) is 13.0 Å². The fourth-order valence-electron chi connectivity index (χ4n) is 3.17. The van der Waals surface area contributed by atoms with Crippen molar-refractivity contribution in [3.63, 3.8) is 0 Å². The van der Waals surface area contributed by atoms with Gasteiger partial charge in [0.1, 0.15) is 0 Å². The minimum atomic E-state index is -0.424. The first-order valence-electron chi connectivity index (χ1n) is 9.24. The van der Waals surface area contributed by atoms with Crippen molar-refractivity contribution in [2.24, 2.45) is 10.9 Å². The van der Waals surface area contributed by atoms with Crippen molar-refractivity contribution < 1.29 is 5.11 Å². The summed E-state index contributed by atoms with van der Waals surface area (Å²) in [5.41, 5.74) is 2.83. The molecule has 2 aliphatic rings. The lowest BCUT2D eigenvalue weighted by Gasteiger charge is -2.30. The Bertz CT molecular complexity index is 556. The van der Waals surface area contributed by atoms with Gasteiger partial charge in [-0.3, -0.25) is 9.89 Å². The predicted octanol–water partition coefficient (Wildman–Crippen LogP) is 1.37. The lowest BCUT2D eigenvalue weighted by Crippen LogP contribution is -2.40. The second kappa shape index (κ2) is 8.49. The van der Waals surface area contributed by atoms with Crippen molar-refractivity contribution in [3.8, 4) is 0 Å². The molecule has 132 valence electrons. The molecule has 0 amide bonds. The van der Waals surface area contributed by atoms with Crippen LogP contribution in [0.2, 0.25) is 0 Å². The highest BCUT2D eigenvalue weighted by Crippen LogP contribution is 2.27. The third-order valence-electron chi connectivity index (χ3n) is 4.74. The van der Waals surface area contributed by atoms with E-state index in [1.807, 2.05) is 0 Å². The second-order valence-corrected chi connectivity index (χ2v) is 6.95. The summed E-state index contributed by atoms with van der Waals surface area (Å²) in [4.78, 5) is 6.87. The Hall–Kier alpha value is -1.59. The molecule has 1 aromatic rings. The first-order valence-corrected chi connectivity index (χ1v) is 9.24. The van der Waals surface area contributed by atoms with E-state index in [9.17, 15) is 5.11 Å². The fourth-order valence-corrected chi connectivity index (χ4v) is 3.17. The van der Waals surface area contributed by atoms with Gasteiger partial charge >= 0.3 is 0 Å². The van der Waals surface area contributed by atoms with Gasteiger partial charge < -0.3 is 15.7 Å². The number of benzene rings is 1. The van der Waals surface area contributed by atoms with Gasteiger partial charge in [0.25, 0.3) is 0 Å². The normalized spacial score (nSPS) is 19.7. The van der Waals surface area contributed by atoms with E-state index in [-0.39, 0.29) is 0 Å². The second-order valence-electron chi connectivity index (χ2n) is 6.95. The molecule has 24 heavy (non-hydrogen) atoms. The first kappa shape index (κ1) is 17.2. The maximum Gasteiger partial charge on any atom is 0.191 e. The number of hydrogen-bond donors (Lipinski definition) is 3. The standard InChI is InChI=1S/C19H30N4O/c1-2-20-19(21-11-15-7-8-15)22-12-18(24)14-23-10-9-16-5-3-4-6-17(16)13-23/h3-6,15,18,24H,2,7-14H2,1H3,(H2,20,21,22). The van der Waals surface area contributed by atoms with E-state index in [1.54, 1.807) is 0 Å². The van der Waals surface area contributed by atoms with Gasteiger partial charge in [-0.05, 0) is 43.2 Å². The number of β-amino-alcohol motifs (C(OH)–C–C–N with tert-alkyl or cyclic N) is 1. The number of fused-ring (bicyclic) bond motifs is 1. The molecule has 1 aliphatic heterocycles. The number of nitrogens with one attached hydrogen (secondary N) is 2. The highest BCUT2D eigenvalue weighted by molar-refractivity contribution is 5.79. The Balaban J connectivity index is 1.45. The minimum absolute atomic E-state index is 0.424. The molecule has 1 aliphatic carbocycles. The van der Waals surface area contributed by atoms with Crippen LogP contribution in [0.15, 0.2) is 29.3 Å². The smallest absolute Gasteiger partial charge is 0.191 e. The molecular weight excluding hydrogens is 300 g/mol. The van der Waals surface area contributed by atoms with E-state index in [1.165, 1.54) is 24.0 Å². The zero-order chi connectivity index (χ0) is 16.8. The highest BCUT2D eigenvalue weighted by Gasteiger charge is 2.21. The van der Waals surface area contributed by atoms with Crippen LogP contribution >= 0.6 is 0 Å². The van der Waals surface area contributed by atoms with Gasteiger partial charge in [0.05, 0.1) is 12.6 Å². The number of nitrogens with zero attached hydrogens (tertiary/aromatic N) is 2. The summed E-state index contributed by atoms with van der Waals surface area (Å²) in [6.45, 7) is 6.96. The molecule has 5 nitrogen and oxygen atoms in total. The SMILES string of the molecule is CCNC(=NCC(O)CN1CCc2ccccc2C1)NCC1CC1. The van der Waals surface area contributed by atoms with Crippen LogP contribution < -0.4 is 10.6 Å². The van der Waals surface area contributed by atoms with E-state index in [0.717, 1.165) is 44.5 Å². The van der Waals surface area contributed by atoms with Crippen molar-refractivity contribution in [2.45, 2.75) is 38.8 Å². The molecule has 0 aromatic heterocycles. The molecule has 1 saturated carbocycles. The van der Waals surface area contributed by atoms with Gasteiger partial charge in [-0.1, -0.05) is 24.3 Å². The van der Waals surface area contributed by atoms with Gasteiger partial charge in [0.15, 0.2) is 5.96 Å². The average molecular weight is 330 g/mol. The van der Waals surface area contributed by atoms with E-state index in [4.69, 9.17) is 0 Å². The molecule has 1 atom stereocenters. The molecule has 0 radical (unpaired) electrons. The van der Waals surface area contributed by atoms with Gasteiger partial charge in [-0.2, -0.15) is 0 Å². The number of rotatable bonds is 7. The molecule has 0 spiro atoms. The number of aliphatic hydroxyl groups is 1. The van der Waals surface area contributed by atoms with Crippen molar-refractivity contribution in [2.75, 3.05) is 32.7 Å². The Labute approximate surface area is 145 Å². The summed E-state index contributed by atoms with van der Waals surface area (Å²) < 4.78 is 0. The highest BCUT2D eigenvalue weighted by atomic mass is 16.3. The first-order chi connectivity index (χ1) is 11.7. The minimum Gasteiger partial charge on any atom is -0.390 e. The van der Waals surface area contributed by atoms with Crippen LogP contribution in [0.25, 0.3) is 0 Å². The van der Waals surface area contributed by atoms with Crippen LogP contribution in [0.3, 0.4) is 0 Å². The maximum atomic E-state index is 10.4. The summed E-state index contributed by atoms with van der Waals surface area (Å²) in [5, 5.41) is 17.0. The van der Waals surface area contributed by atoms with Crippen LogP contribution in [0.1, 0.15) is 30.9 Å². The van der Waals surface area contributed by atoms with E-state index in [0.29, 0.717) is 13.1 Å². The predicted molar refractivity (Wildman–Crippen MR) is 98.1 cm³/mol. The zero-order valence-corrected chi connectivity index (χ0v) is 14.7. The van der Waals surface area contributed by atoms with Gasteiger partial charge in [-0.15, -0.1) is 0 Å². The van der Waals surface area contributed by atoms with E-state index in [2.05, 4.69) is 51.7 Å². The quantitative estimate of drug-likeness (QED) is 0.522. The topological polar surface area (TPSA) is 59.9 Å². The Morgan fingerprint density at radius 2 is 2.08 bits per heavy atom. The third kappa shape index (κ3) is 5.21. The zero-order valence-electron chi connectivity index (χ0n) is 14.7. The Morgan fingerprint density at radius 1 is 1.29 bits per heavy atom. The van der Waals surface area contributed by atoms with Crippen LogP contribution in [0, 0.1) is 5.92 Å². The molecule has 1 fully saturated rings. The van der Waals surface area contributed by atoms with E-state index >= 15 is 0 Å². The lowest BCUT2D eigenvalue weighted by molar-refractivity contribution is 0.111. The van der Waals surface area contributed by atoms with Crippen LogP contribution in [0.5, 0.6) is 0 Å². The van der Waals surface area contributed by atoms with Crippen molar-refractivity contribution >= 4 is 5.96 Å². The van der Waals surface area contributed by atoms with Crippen molar-refractivity contribution in [3.05, 3.63) is 35.4 Å². The Morgan fingerprint density at radius 3 is 2.83 bits per heavy atom. The van der Waals surface area contributed by atoms with Gasteiger partial charge in [0.2, 0.25) is 0 Å². The molecular formula is C19H30N4O. The molecule has 0 bridgehead atoms. The van der Waals surface area contributed by atoms with Crippen LogP contribution in [-0.4, -0.2) is 54.8 Å². The number of aliphatic imine (C=N–C) groups is 1. The summed E-state index contributed by atoms with van der Waals surface area (Å²) in [7, 11) is 0. The molecule has 1 unspecified atom stereocenters. The number of hydrogen-bond acceptors (Lipinski definition) is 3. The average Bonchev–Trinajstić information content (AvgIpc) is 3.41. The number of aliphatic hydroxyl groups excluding tert-OH is 1. The summed E-state index contributed by atoms with van der Waals surface area (Å²) in [6.07, 6.45) is 3.29. The molecule has 3 N–H and O–H groups in total. The molecule has 5 heteroatoms. The molecule has 1 heterocycles. The Kier molecular flexibility index (Phi) is 6.10. The van der Waals surface area contributed by atoms with Gasteiger partial charge in [0, 0.05) is 32.7 Å². The lowest BCUT2D eigenvalue weighted by atomic mass is 10.00. The summed E-state index contributed by atoms with van der Waals surface area (Å²) in [6, 6.07) is 8.60. The van der Waals surface area contributed by atoms with Crippen molar-refractivity contribution in [1.82, 2.24) is 15.5 Å². The van der Waals surface area contributed by atoms with Gasteiger partial charge in [-0.25, -0.2) is 0 Å². The monoisotopic (exact) mass is 330 g/mol. The third-order valence-corrected chi connectivity index (χ3v) is 4.74. The molecule has 3 rings (SSSR count). The van der Waals surface area contributed by atoms with Crippen molar-refractivity contribution in [1.29, 1.82) is 0 Å². The van der Waals surface area contributed by atoms with Crippen LogP contribution in [0.4, 0.5) is 0 Å². The molecule has 1 aromatic carbocycles. The van der Waals surface area contributed by atoms with E-state index < -0.39 is 6.10 Å².